The van der Waals surface area contributed by atoms with Gasteiger partial charge < -0.3 is 25.0 Å². The number of nitrogen functional groups attached to an aromatic ring is 1. The van der Waals surface area contributed by atoms with Crippen LogP contribution in [0.1, 0.15) is 18.4 Å². The molecule has 9 heteroatoms. The first-order valence-corrected chi connectivity index (χ1v) is 9.95. The molecule has 0 spiro atoms. The van der Waals surface area contributed by atoms with Crippen molar-refractivity contribution in [2.45, 2.75) is 25.3 Å². The third-order valence-corrected chi connectivity index (χ3v) is 5.72. The predicted molar refractivity (Wildman–Crippen MR) is 105 cm³/mol. The fraction of sp³-hybridized carbons (Fsp3) is 0.579. The molecular weight excluding hydrogens is 358 g/mol. The van der Waals surface area contributed by atoms with Crippen LogP contribution in [0.3, 0.4) is 0 Å². The summed E-state index contributed by atoms with van der Waals surface area (Å²) in [6.45, 7) is 5.59. The average Bonchev–Trinajstić information content (AvgIpc) is 3.19. The van der Waals surface area contributed by atoms with Crippen molar-refractivity contribution in [3.63, 3.8) is 0 Å². The molecule has 2 aromatic heterocycles. The molecule has 0 amide bonds. The van der Waals surface area contributed by atoms with Gasteiger partial charge in [0.05, 0.1) is 18.9 Å². The number of nitrogens with two attached hydrogens (primary N) is 1. The first-order valence-electron chi connectivity index (χ1n) is 9.95. The Labute approximate surface area is 163 Å². The number of anilines is 3. The zero-order valence-electron chi connectivity index (χ0n) is 15.9. The van der Waals surface area contributed by atoms with Crippen LogP contribution < -0.4 is 15.5 Å². The third kappa shape index (κ3) is 3.24. The van der Waals surface area contributed by atoms with Gasteiger partial charge in [-0.25, -0.2) is 15.0 Å². The monoisotopic (exact) mass is 383 g/mol. The van der Waals surface area contributed by atoms with Crippen LogP contribution in [0.15, 0.2) is 12.4 Å². The zero-order valence-corrected chi connectivity index (χ0v) is 15.9. The van der Waals surface area contributed by atoms with Gasteiger partial charge in [-0.1, -0.05) is 0 Å². The van der Waals surface area contributed by atoms with Crippen LogP contribution in [0.4, 0.5) is 17.7 Å². The van der Waals surface area contributed by atoms with E-state index in [1.807, 2.05) is 0 Å². The number of fused-ring (bicyclic) bond motifs is 1. The molecular formula is C19H25N7O2. The van der Waals surface area contributed by atoms with Crippen molar-refractivity contribution in [3.05, 3.63) is 18.0 Å². The second kappa shape index (κ2) is 7.48. The number of morpholine rings is 1. The molecule has 3 aliphatic rings. The summed E-state index contributed by atoms with van der Waals surface area (Å²) < 4.78 is 11.1. The van der Waals surface area contributed by atoms with Crippen molar-refractivity contribution in [2.75, 3.05) is 61.6 Å². The minimum absolute atomic E-state index is 0.270. The Morgan fingerprint density at radius 1 is 0.929 bits per heavy atom. The maximum absolute atomic E-state index is 5.69. The van der Waals surface area contributed by atoms with Crippen molar-refractivity contribution in [1.29, 1.82) is 0 Å². The van der Waals surface area contributed by atoms with Crippen LogP contribution in [-0.2, 0) is 15.9 Å². The number of aromatic nitrogens is 4. The highest BCUT2D eigenvalue weighted by atomic mass is 16.5. The van der Waals surface area contributed by atoms with Crippen LogP contribution in [0.2, 0.25) is 0 Å². The van der Waals surface area contributed by atoms with Gasteiger partial charge in [-0.3, -0.25) is 0 Å². The molecule has 5 heterocycles. The van der Waals surface area contributed by atoms with E-state index >= 15 is 0 Å². The fourth-order valence-electron chi connectivity index (χ4n) is 4.22. The summed E-state index contributed by atoms with van der Waals surface area (Å²) in [6.07, 6.45) is 6.51. The minimum atomic E-state index is 0.270. The van der Waals surface area contributed by atoms with E-state index in [0.717, 1.165) is 75.1 Å². The van der Waals surface area contributed by atoms with Gasteiger partial charge in [0.15, 0.2) is 0 Å². The first-order chi connectivity index (χ1) is 13.8. The van der Waals surface area contributed by atoms with E-state index in [-0.39, 0.29) is 5.95 Å². The van der Waals surface area contributed by atoms with Crippen molar-refractivity contribution in [3.8, 4) is 11.3 Å². The smallest absolute Gasteiger partial charge is 0.228 e. The van der Waals surface area contributed by atoms with E-state index in [0.29, 0.717) is 19.3 Å². The van der Waals surface area contributed by atoms with Crippen LogP contribution in [0.5, 0.6) is 0 Å². The van der Waals surface area contributed by atoms with Gasteiger partial charge in [-0.15, -0.1) is 0 Å². The topological polar surface area (TPSA) is 103 Å². The highest BCUT2D eigenvalue weighted by Gasteiger charge is 2.33. The largest absolute Gasteiger partial charge is 0.381 e. The normalized spacial score (nSPS) is 20.4. The molecule has 148 valence electrons. The lowest BCUT2D eigenvalue weighted by Crippen LogP contribution is -2.40. The molecule has 28 heavy (non-hydrogen) atoms. The molecule has 2 saturated heterocycles. The first kappa shape index (κ1) is 17.6. The van der Waals surface area contributed by atoms with Crippen molar-refractivity contribution in [1.82, 2.24) is 19.9 Å². The SMILES string of the molecule is Nc1ncc(-c2nc(N3CCOCC3)nc3c2CCN3C2CCOCC2)cn1. The molecule has 2 fully saturated rings. The highest BCUT2D eigenvalue weighted by Crippen LogP contribution is 2.37. The number of hydrogen-bond acceptors (Lipinski definition) is 9. The lowest BCUT2D eigenvalue weighted by atomic mass is 10.1. The van der Waals surface area contributed by atoms with Gasteiger partial charge >= 0.3 is 0 Å². The molecule has 0 atom stereocenters. The van der Waals surface area contributed by atoms with Crippen LogP contribution in [-0.4, -0.2) is 72.0 Å². The fourth-order valence-corrected chi connectivity index (χ4v) is 4.22. The van der Waals surface area contributed by atoms with Crippen LogP contribution in [0, 0.1) is 0 Å². The maximum Gasteiger partial charge on any atom is 0.228 e. The molecule has 2 aromatic rings. The Hall–Kier alpha value is -2.52. The molecule has 0 bridgehead atoms. The Bertz CT molecular complexity index is 833. The molecule has 0 unspecified atom stereocenters. The number of rotatable bonds is 3. The van der Waals surface area contributed by atoms with Gasteiger partial charge in [0.1, 0.15) is 5.82 Å². The third-order valence-electron chi connectivity index (χ3n) is 5.72. The Morgan fingerprint density at radius 2 is 1.64 bits per heavy atom. The number of ether oxygens (including phenoxy) is 2. The lowest BCUT2D eigenvalue weighted by molar-refractivity contribution is 0.0847. The van der Waals surface area contributed by atoms with E-state index in [1.165, 1.54) is 5.56 Å². The summed E-state index contributed by atoms with van der Waals surface area (Å²) in [7, 11) is 0. The van der Waals surface area contributed by atoms with E-state index in [4.69, 9.17) is 25.2 Å². The van der Waals surface area contributed by atoms with Gasteiger partial charge in [0.2, 0.25) is 11.9 Å². The summed E-state index contributed by atoms with van der Waals surface area (Å²) >= 11 is 0. The van der Waals surface area contributed by atoms with Crippen molar-refractivity contribution in [2.24, 2.45) is 0 Å². The molecule has 0 aliphatic carbocycles. The summed E-state index contributed by atoms with van der Waals surface area (Å²) in [5, 5.41) is 0. The molecule has 9 nitrogen and oxygen atoms in total. The Balaban J connectivity index is 1.58. The second-order valence-corrected chi connectivity index (χ2v) is 7.39. The molecule has 0 saturated carbocycles. The lowest BCUT2D eigenvalue weighted by Gasteiger charge is -2.33. The van der Waals surface area contributed by atoms with Crippen LogP contribution in [0.25, 0.3) is 11.3 Å². The standard InChI is InChI=1S/C19H25N7O2/c20-18-21-11-13(12-22-18)16-15-1-4-26(14-2-7-27-8-3-14)17(15)24-19(23-16)25-5-9-28-10-6-25/h11-12,14H,1-10H2,(H2,20,21,22). The highest BCUT2D eigenvalue weighted by molar-refractivity contribution is 5.72. The average molecular weight is 383 g/mol. The van der Waals surface area contributed by atoms with E-state index < -0.39 is 0 Å². The summed E-state index contributed by atoms with van der Waals surface area (Å²) in [5.74, 6) is 2.08. The summed E-state index contributed by atoms with van der Waals surface area (Å²) in [5.41, 5.74) is 8.67. The van der Waals surface area contributed by atoms with Crippen molar-refractivity contribution < 1.29 is 9.47 Å². The number of hydrogen-bond donors (Lipinski definition) is 1. The maximum atomic E-state index is 5.69. The van der Waals surface area contributed by atoms with E-state index in [2.05, 4.69) is 19.8 Å². The second-order valence-electron chi connectivity index (χ2n) is 7.39. The van der Waals surface area contributed by atoms with E-state index in [1.54, 1.807) is 12.4 Å². The number of nitrogens with zero attached hydrogens (tertiary/aromatic N) is 6. The summed E-state index contributed by atoms with van der Waals surface area (Å²) in [6, 6.07) is 0.470. The van der Waals surface area contributed by atoms with Crippen LogP contribution >= 0.6 is 0 Å². The van der Waals surface area contributed by atoms with Crippen molar-refractivity contribution >= 4 is 17.7 Å². The minimum Gasteiger partial charge on any atom is -0.381 e. The van der Waals surface area contributed by atoms with Gasteiger partial charge in [-0.05, 0) is 19.3 Å². The molecule has 3 aliphatic heterocycles. The van der Waals surface area contributed by atoms with Gasteiger partial charge in [-0.2, -0.15) is 4.98 Å². The Morgan fingerprint density at radius 3 is 2.39 bits per heavy atom. The Kier molecular flexibility index (Phi) is 4.69. The zero-order chi connectivity index (χ0) is 18.9. The van der Waals surface area contributed by atoms with Gasteiger partial charge in [0, 0.05) is 62.4 Å². The molecule has 0 radical (unpaired) electrons. The molecule has 2 N–H and O–H groups in total. The molecule has 5 rings (SSSR count). The quantitative estimate of drug-likeness (QED) is 0.828. The van der Waals surface area contributed by atoms with Gasteiger partial charge in [0.25, 0.3) is 0 Å². The summed E-state index contributed by atoms with van der Waals surface area (Å²) in [4.78, 5) is 22.9. The van der Waals surface area contributed by atoms with E-state index in [9.17, 15) is 0 Å². The predicted octanol–water partition coefficient (Wildman–Crippen LogP) is 0.894. The molecule has 0 aromatic carbocycles.